The van der Waals surface area contributed by atoms with Crippen molar-refractivity contribution < 1.29 is 22.6 Å². The summed E-state index contributed by atoms with van der Waals surface area (Å²) in [4.78, 5) is 13.6. The normalized spacial score (nSPS) is 14.1. The van der Waals surface area contributed by atoms with Crippen molar-refractivity contribution in [1.82, 2.24) is 8.54 Å². The third kappa shape index (κ3) is 5.84. The van der Waals surface area contributed by atoms with Crippen LogP contribution in [0, 0.1) is 6.92 Å². The minimum absolute atomic E-state index is 0.0822. The summed E-state index contributed by atoms with van der Waals surface area (Å²) in [5.41, 5.74) is 3.01. The van der Waals surface area contributed by atoms with Crippen molar-refractivity contribution in [1.29, 1.82) is 0 Å². The van der Waals surface area contributed by atoms with E-state index in [4.69, 9.17) is 14.2 Å². The first-order chi connectivity index (χ1) is 21.2. The maximum absolute atomic E-state index is 13.7. The minimum Gasteiger partial charge on any atom is -0.497 e. The van der Waals surface area contributed by atoms with Crippen molar-refractivity contribution in [2.45, 2.75) is 56.6 Å². The van der Waals surface area contributed by atoms with Gasteiger partial charge in [0, 0.05) is 36.0 Å². The van der Waals surface area contributed by atoms with Gasteiger partial charge in [-0.2, -0.15) is 0 Å². The fraction of sp³-hybridized carbons (Fsp3) is 0.286. The second-order valence-corrected chi connectivity index (χ2v) is 13.1. The zero-order valence-electron chi connectivity index (χ0n) is 25.2. The lowest BCUT2D eigenvalue weighted by atomic mass is 9.97. The highest BCUT2D eigenvalue weighted by Crippen LogP contribution is 2.39. The third-order valence-corrected chi connectivity index (χ3v) is 9.91. The first kappa shape index (κ1) is 29.6. The smallest absolute Gasteiger partial charge is 0.275 e. The highest BCUT2D eigenvalue weighted by Gasteiger charge is 2.25. The molecule has 9 heteroatoms. The topological polar surface area (TPSA) is 88.8 Å². The molecule has 0 unspecified atom stereocenters. The van der Waals surface area contributed by atoms with Gasteiger partial charge in [0.05, 0.1) is 18.1 Å². The summed E-state index contributed by atoms with van der Waals surface area (Å²) in [6.45, 7) is 2.24. The molecule has 0 amide bonds. The van der Waals surface area contributed by atoms with Crippen molar-refractivity contribution >= 4 is 20.9 Å². The molecule has 1 fully saturated rings. The van der Waals surface area contributed by atoms with Crippen LogP contribution in [0.2, 0.25) is 0 Å². The Hall–Kier alpha value is -4.50. The Morgan fingerprint density at radius 3 is 2.27 bits per heavy atom. The van der Waals surface area contributed by atoms with E-state index in [0.29, 0.717) is 29.1 Å². The Labute approximate surface area is 257 Å². The van der Waals surface area contributed by atoms with Crippen molar-refractivity contribution in [2.75, 3.05) is 7.11 Å². The fourth-order valence-electron chi connectivity index (χ4n) is 5.73. The van der Waals surface area contributed by atoms with Crippen LogP contribution in [-0.4, -0.2) is 30.2 Å². The minimum atomic E-state index is -4.02. The molecule has 0 bridgehead atoms. The van der Waals surface area contributed by atoms with E-state index < -0.39 is 15.6 Å². The third-order valence-electron chi connectivity index (χ3n) is 8.22. The van der Waals surface area contributed by atoms with Crippen LogP contribution < -0.4 is 19.8 Å². The second-order valence-electron chi connectivity index (χ2n) is 11.3. The Bertz CT molecular complexity index is 1950. The largest absolute Gasteiger partial charge is 0.497 e. The lowest BCUT2D eigenvalue weighted by Gasteiger charge is -2.25. The van der Waals surface area contributed by atoms with E-state index in [0.717, 1.165) is 52.1 Å². The van der Waals surface area contributed by atoms with Crippen molar-refractivity contribution in [3.05, 3.63) is 107 Å². The molecule has 228 valence electrons. The summed E-state index contributed by atoms with van der Waals surface area (Å²) in [5, 5.41) is 0.518. The standard InChI is InChI=1S/C35H36N2O6S/c1-24-9-16-29(17-10-24)44(39,40)37-20-19-30-32(22-36(2)35(38)34(30)37)31-21-28(42-23-25-11-13-26(41-3)14-12-25)15-18-33(31)43-27-7-5-4-6-8-27/h9-22,27H,4-8,23H2,1-3H3. The van der Waals surface area contributed by atoms with E-state index in [1.807, 2.05) is 49.4 Å². The van der Waals surface area contributed by atoms with Crippen LogP contribution in [-0.2, 0) is 23.7 Å². The van der Waals surface area contributed by atoms with E-state index in [1.165, 1.54) is 17.2 Å². The number of benzene rings is 3. The molecule has 44 heavy (non-hydrogen) atoms. The molecule has 3 aromatic carbocycles. The van der Waals surface area contributed by atoms with Crippen LogP contribution in [0.4, 0.5) is 0 Å². The summed E-state index contributed by atoms with van der Waals surface area (Å²) in [6, 6.07) is 21.7. The quantitative estimate of drug-likeness (QED) is 0.181. The number of pyridine rings is 1. The fourth-order valence-corrected chi connectivity index (χ4v) is 7.08. The molecule has 2 aromatic heterocycles. The molecule has 0 N–H and O–H groups in total. The molecule has 0 aliphatic heterocycles. The van der Waals surface area contributed by atoms with Crippen molar-refractivity contribution in [2.24, 2.45) is 7.05 Å². The van der Waals surface area contributed by atoms with Gasteiger partial charge < -0.3 is 18.8 Å². The lowest BCUT2D eigenvalue weighted by Crippen LogP contribution is -2.22. The average molecular weight is 613 g/mol. The van der Waals surface area contributed by atoms with Crippen LogP contribution in [0.5, 0.6) is 17.2 Å². The number of aromatic nitrogens is 2. The molecule has 0 atom stereocenters. The number of aryl methyl sites for hydroxylation is 2. The number of methoxy groups -OCH3 is 1. The van der Waals surface area contributed by atoms with Gasteiger partial charge in [-0.15, -0.1) is 0 Å². The number of nitrogens with zero attached hydrogens (tertiary/aromatic N) is 2. The SMILES string of the molecule is COc1ccc(COc2ccc(OC3CCCCC3)c(-c3cn(C)c(=O)c4c3ccn4S(=O)(=O)c3ccc(C)cc3)c2)cc1. The summed E-state index contributed by atoms with van der Waals surface area (Å²) in [6.07, 6.45) is 8.67. The molecule has 0 saturated heterocycles. The number of ether oxygens (including phenoxy) is 3. The predicted octanol–water partition coefficient (Wildman–Crippen LogP) is 6.85. The Morgan fingerprint density at radius 2 is 1.57 bits per heavy atom. The molecule has 5 aromatic rings. The molecule has 0 spiro atoms. The molecular weight excluding hydrogens is 576 g/mol. The number of fused-ring (bicyclic) bond motifs is 1. The Kier molecular flexibility index (Phi) is 8.23. The molecule has 0 radical (unpaired) electrons. The van der Waals surface area contributed by atoms with E-state index in [9.17, 15) is 13.2 Å². The maximum Gasteiger partial charge on any atom is 0.275 e. The van der Waals surface area contributed by atoms with Crippen LogP contribution in [0.3, 0.4) is 0 Å². The van der Waals surface area contributed by atoms with E-state index >= 15 is 0 Å². The van der Waals surface area contributed by atoms with Crippen LogP contribution in [0.1, 0.15) is 43.2 Å². The zero-order chi connectivity index (χ0) is 30.8. The van der Waals surface area contributed by atoms with E-state index in [1.54, 1.807) is 50.7 Å². The highest BCUT2D eigenvalue weighted by molar-refractivity contribution is 7.90. The maximum atomic E-state index is 13.7. The molecule has 1 aliphatic rings. The predicted molar refractivity (Wildman–Crippen MR) is 171 cm³/mol. The van der Waals surface area contributed by atoms with Gasteiger partial charge in [-0.25, -0.2) is 12.4 Å². The molecule has 1 saturated carbocycles. The van der Waals surface area contributed by atoms with Gasteiger partial charge in [-0.05, 0) is 86.7 Å². The van der Waals surface area contributed by atoms with E-state index in [-0.39, 0.29) is 16.5 Å². The van der Waals surface area contributed by atoms with Gasteiger partial charge >= 0.3 is 0 Å². The first-order valence-electron chi connectivity index (χ1n) is 14.8. The van der Waals surface area contributed by atoms with Gasteiger partial charge in [0.15, 0.2) is 0 Å². The van der Waals surface area contributed by atoms with Gasteiger partial charge in [0.25, 0.3) is 15.6 Å². The lowest BCUT2D eigenvalue weighted by molar-refractivity contribution is 0.155. The van der Waals surface area contributed by atoms with Gasteiger partial charge in [0.2, 0.25) is 0 Å². The molecule has 2 heterocycles. The number of rotatable bonds is 9. The summed E-state index contributed by atoms with van der Waals surface area (Å²) < 4.78 is 48.0. The zero-order valence-corrected chi connectivity index (χ0v) is 26.0. The Balaban J connectivity index is 1.45. The Morgan fingerprint density at radius 1 is 0.864 bits per heavy atom. The van der Waals surface area contributed by atoms with E-state index in [2.05, 4.69) is 0 Å². The molecule has 1 aliphatic carbocycles. The van der Waals surface area contributed by atoms with Crippen molar-refractivity contribution in [3.8, 4) is 28.4 Å². The summed E-state index contributed by atoms with van der Waals surface area (Å²) >= 11 is 0. The van der Waals surface area contributed by atoms with Crippen molar-refractivity contribution in [3.63, 3.8) is 0 Å². The van der Waals surface area contributed by atoms with Gasteiger partial charge in [0.1, 0.15) is 29.4 Å². The number of hydrogen-bond acceptors (Lipinski definition) is 6. The van der Waals surface area contributed by atoms with Crippen LogP contribution in [0.25, 0.3) is 22.0 Å². The van der Waals surface area contributed by atoms with Gasteiger partial charge in [-0.3, -0.25) is 4.79 Å². The molecule has 6 rings (SSSR count). The monoisotopic (exact) mass is 612 g/mol. The van der Waals surface area contributed by atoms with Crippen LogP contribution in [0.15, 0.2) is 94.9 Å². The second kappa shape index (κ2) is 12.2. The number of hydrogen-bond donors (Lipinski definition) is 0. The molecule has 8 nitrogen and oxygen atoms in total. The summed E-state index contributed by atoms with van der Waals surface area (Å²) in [7, 11) is -0.761. The first-order valence-corrected chi connectivity index (χ1v) is 16.3. The summed E-state index contributed by atoms with van der Waals surface area (Å²) in [5.74, 6) is 2.07. The van der Waals surface area contributed by atoms with Gasteiger partial charge in [-0.1, -0.05) is 36.2 Å². The molecular formula is C35H36N2O6S. The highest BCUT2D eigenvalue weighted by atomic mass is 32.2. The average Bonchev–Trinajstić information content (AvgIpc) is 3.50. The van der Waals surface area contributed by atoms with Crippen LogP contribution >= 0.6 is 0 Å².